The van der Waals surface area contributed by atoms with Gasteiger partial charge in [0.15, 0.2) is 6.21 Å². The molecule has 1 saturated heterocycles. The van der Waals surface area contributed by atoms with Crippen molar-refractivity contribution in [2.45, 2.75) is 12.8 Å². The summed E-state index contributed by atoms with van der Waals surface area (Å²) in [6.45, 7) is 2.28. The third-order valence-electron chi connectivity index (χ3n) is 2.69. The molecule has 0 aliphatic carbocycles. The maximum absolute atomic E-state index is 8.49. The van der Waals surface area contributed by atoms with E-state index in [1.165, 1.54) is 12.8 Å². The van der Waals surface area contributed by atoms with Crippen LogP contribution < -0.4 is 18.6 Å². The van der Waals surface area contributed by atoms with Gasteiger partial charge in [0.05, 0.1) is 5.03 Å². The van der Waals surface area contributed by atoms with E-state index in [9.17, 15) is 0 Å². The van der Waals surface area contributed by atoms with E-state index in [1.807, 2.05) is 30.3 Å². The molecule has 0 bridgehead atoms. The zero-order chi connectivity index (χ0) is 15.9. The predicted octanol–water partition coefficient (Wildman–Crippen LogP) is -0.959. The van der Waals surface area contributed by atoms with Crippen molar-refractivity contribution in [2.24, 2.45) is 0 Å². The number of halogens is 3. The topological polar surface area (TPSA) is 95.2 Å². The molecule has 0 amide bonds. The molecule has 5 nitrogen and oxygen atoms in total. The number of allylic oxidation sites excluding steroid dienone is 1. The van der Waals surface area contributed by atoms with Gasteiger partial charge in [0.25, 0.3) is 0 Å². The van der Waals surface area contributed by atoms with Gasteiger partial charge in [0.2, 0.25) is 0 Å². The van der Waals surface area contributed by atoms with Crippen molar-refractivity contribution in [3.8, 4) is 0 Å². The zero-order valence-corrected chi connectivity index (χ0v) is 13.3. The van der Waals surface area contributed by atoms with E-state index in [0.29, 0.717) is 0 Å². The third kappa shape index (κ3) is 9.06. The first kappa shape index (κ1) is 18.4. The van der Waals surface area contributed by atoms with E-state index in [-0.39, 0.29) is 0 Å². The summed E-state index contributed by atoms with van der Waals surface area (Å²) in [6.07, 6.45) is 6.59. The highest BCUT2D eigenvalue weighted by Crippen LogP contribution is 2.20. The van der Waals surface area contributed by atoms with E-state index >= 15 is 0 Å². The van der Waals surface area contributed by atoms with Crippen LogP contribution in [0.15, 0.2) is 30.3 Å². The van der Waals surface area contributed by atoms with Gasteiger partial charge < -0.3 is 0 Å². The first-order chi connectivity index (χ1) is 9.75. The van der Waals surface area contributed by atoms with Gasteiger partial charge in [-0.1, -0.05) is 35.3 Å². The summed E-state index contributed by atoms with van der Waals surface area (Å²) < 4.78 is 36.3. The Bertz CT molecular complexity index is 495. The van der Waals surface area contributed by atoms with Gasteiger partial charge in [0.1, 0.15) is 13.1 Å². The molecule has 0 aromatic heterocycles. The van der Waals surface area contributed by atoms with Gasteiger partial charge >= 0.3 is 0 Å². The highest BCUT2D eigenvalue weighted by Gasteiger charge is 2.10. The Hall–Kier alpha value is -0.660. The molecule has 1 fully saturated rings. The Labute approximate surface area is 135 Å². The van der Waals surface area contributed by atoms with Crippen LogP contribution >= 0.6 is 23.2 Å². The largest absolute Gasteiger partial charge is 0.236 e. The Morgan fingerprint density at radius 3 is 2.00 bits per heavy atom. The fourth-order valence-electron chi connectivity index (χ4n) is 1.77. The summed E-state index contributed by atoms with van der Waals surface area (Å²) in [6, 6.07) is 7.56. The van der Waals surface area contributed by atoms with Gasteiger partial charge in [0, 0.05) is 23.9 Å². The minimum absolute atomic E-state index is 0.733. The number of hydrogen-bond acceptors (Lipinski definition) is 4. The monoisotopic (exact) mass is 353 g/mol. The van der Waals surface area contributed by atoms with Crippen LogP contribution in [-0.2, 0) is 0 Å². The molecule has 1 aromatic carbocycles. The minimum atomic E-state index is -4.94. The Balaban J connectivity index is 0.000000383. The zero-order valence-electron chi connectivity index (χ0n) is 11.0. The lowest BCUT2D eigenvalue weighted by atomic mass is 10.2. The number of hydrogen-bond donors (Lipinski definition) is 0. The predicted molar refractivity (Wildman–Crippen MR) is 70.6 cm³/mol. The van der Waals surface area contributed by atoms with Crippen LogP contribution in [0.1, 0.15) is 18.4 Å². The van der Waals surface area contributed by atoms with Gasteiger partial charge in [-0.05, 0) is 17.7 Å². The Kier molecular flexibility index (Phi) is 7.62. The Morgan fingerprint density at radius 2 is 1.52 bits per heavy atom. The molecule has 21 heavy (non-hydrogen) atoms. The van der Waals surface area contributed by atoms with Crippen LogP contribution in [0.4, 0.5) is 0 Å². The lowest BCUT2D eigenvalue weighted by Gasteiger charge is -2.17. The molecule has 1 heterocycles. The second kappa shape index (κ2) is 8.70. The molecule has 0 radical (unpaired) electrons. The average Bonchev–Trinajstić information content (AvgIpc) is 2.88. The van der Waals surface area contributed by atoms with E-state index in [1.54, 1.807) is 0 Å². The lowest BCUT2D eigenvalue weighted by Crippen LogP contribution is -2.68. The first-order valence-corrected chi connectivity index (χ1v) is 8.07. The second-order valence-corrected chi connectivity index (χ2v) is 5.89. The van der Waals surface area contributed by atoms with Crippen LogP contribution in [-0.4, -0.2) is 23.9 Å². The van der Waals surface area contributed by atoms with Crippen molar-refractivity contribution >= 4 is 34.4 Å². The molecule has 0 spiro atoms. The van der Waals surface area contributed by atoms with E-state index < -0.39 is 10.2 Å². The molecule has 8 heteroatoms. The summed E-state index contributed by atoms with van der Waals surface area (Å²) >= 11 is 12.0. The highest BCUT2D eigenvalue weighted by atomic mass is 35.7. The summed E-state index contributed by atoms with van der Waals surface area (Å²) in [5.74, 6) is 0. The molecule has 1 aliphatic rings. The molecule has 0 unspecified atom stereocenters. The van der Waals surface area contributed by atoms with Crippen LogP contribution in [0.5, 0.6) is 0 Å². The number of nitrogens with zero attached hydrogens (tertiary/aromatic N) is 1. The maximum atomic E-state index is 8.49. The van der Waals surface area contributed by atoms with Gasteiger partial charge in [-0.2, -0.15) is 0 Å². The van der Waals surface area contributed by atoms with E-state index in [2.05, 4.69) is 10.8 Å². The van der Waals surface area contributed by atoms with Crippen molar-refractivity contribution in [1.82, 2.24) is 0 Å². The van der Waals surface area contributed by atoms with Crippen LogP contribution in [0.2, 0.25) is 5.02 Å². The summed E-state index contributed by atoms with van der Waals surface area (Å²) in [5, 5.41) is 1.49. The van der Waals surface area contributed by atoms with Crippen molar-refractivity contribution in [1.29, 1.82) is 0 Å². The van der Waals surface area contributed by atoms with Crippen molar-refractivity contribution in [3.05, 3.63) is 40.9 Å². The first-order valence-electron chi connectivity index (χ1n) is 6.08. The fourth-order valence-corrected chi connectivity index (χ4v) is 2.08. The molecular weight excluding hydrogens is 341 g/mol. The molecule has 0 saturated carbocycles. The lowest BCUT2D eigenvalue weighted by molar-refractivity contribution is -2.00. The number of benzene rings is 1. The molecule has 0 atom stereocenters. The SMILES string of the molecule is Cl/C(=C\C=[N+]1CCCC1)c1ccc(Cl)cc1.[O-][Cl+3]([O-])([O-])[O-]. The normalized spacial score (nSPS) is 15.5. The second-order valence-electron chi connectivity index (χ2n) is 4.29. The maximum Gasteiger partial charge on any atom is 0.164 e. The van der Waals surface area contributed by atoms with Crippen LogP contribution in [0, 0.1) is 10.2 Å². The standard InChI is InChI=1S/C13H14Cl2N.ClHO4/c14-12-5-3-11(4-6-12)13(15)7-10-16-8-1-2-9-16;2-1(3,4)5/h3-7,10H,1-2,8-9H2;(H,2,3,4,5)/q+1;/p-1/b13-7-;. The van der Waals surface area contributed by atoms with Crippen molar-refractivity contribution in [2.75, 3.05) is 13.1 Å². The fraction of sp³-hybridized carbons (Fsp3) is 0.308. The molecule has 0 N–H and O–H groups in total. The molecule has 116 valence electrons. The molecule has 1 aliphatic heterocycles. The van der Waals surface area contributed by atoms with Crippen LogP contribution in [0.25, 0.3) is 5.03 Å². The van der Waals surface area contributed by atoms with E-state index in [4.69, 9.17) is 41.8 Å². The quantitative estimate of drug-likeness (QED) is 0.639. The van der Waals surface area contributed by atoms with Crippen molar-refractivity contribution in [3.63, 3.8) is 0 Å². The highest BCUT2D eigenvalue weighted by molar-refractivity contribution is 6.49. The average molecular weight is 355 g/mol. The molecule has 1 aromatic rings. The van der Waals surface area contributed by atoms with Gasteiger partial charge in [-0.15, -0.1) is 10.2 Å². The Morgan fingerprint density at radius 1 is 1.05 bits per heavy atom. The summed E-state index contributed by atoms with van der Waals surface area (Å²) in [7, 11) is -4.94. The summed E-state index contributed by atoms with van der Waals surface area (Å²) in [5.41, 5.74) is 1.00. The van der Waals surface area contributed by atoms with E-state index in [0.717, 1.165) is 28.7 Å². The van der Waals surface area contributed by atoms with Crippen LogP contribution in [0.3, 0.4) is 0 Å². The number of rotatable bonds is 2. The molecular formula is C13H14Cl3NO4. The summed E-state index contributed by atoms with van der Waals surface area (Å²) in [4.78, 5) is 0. The minimum Gasteiger partial charge on any atom is -0.236 e. The van der Waals surface area contributed by atoms with Gasteiger partial charge in [-0.25, -0.2) is 23.2 Å². The van der Waals surface area contributed by atoms with Gasteiger partial charge in [-0.3, -0.25) is 0 Å². The molecule has 2 rings (SSSR count). The third-order valence-corrected chi connectivity index (χ3v) is 3.29. The van der Waals surface area contributed by atoms with Crippen molar-refractivity contribution < 1.29 is 33.5 Å². The smallest absolute Gasteiger partial charge is 0.164 e.